The lowest BCUT2D eigenvalue weighted by Crippen LogP contribution is -2.03. The summed E-state index contributed by atoms with van der Waals surface area (Å²) in [5.41, 5.74) is 0.248. The van der Waals surface area contributed by atoms with Crippen LogP contribution in [0.2, 0.25) is 5.15 Å². The van der Waals surface area contributed by atoms with Crippen LogP contribution in [-0.4, -0.2) is 21.8 Å². The fourth-order valence-corrected chi connectivity index (χ4v) is 3.46. The SMILES string of the molecule is O=C(O)c1ccc(Cl)nc1SCC1CCCC1. The number of rotatable bonds is 4. The molecule has 0 radical (unpaired) electrons. The first-order chi connectivity index (χ1) is 8.16. The number of pyridine rings is 1. The van der Waals surface area contributed by atoms with E-state index >= 15 is 0 Å². The van der Waals surface area contributed by atoms with E-state index in [9.17, 15) is 4.79 Å². The summed E-state index contributed by atoms with van der Waals surface area (Å²) in [6.07, 6.45) is 5.08. The highest BCUT2D eigenvalue weighted by Gasteiger charge is 2.18. The molecule has 0 bridgehead atoms. The fourth-order valence-electron chi connectivity index (χ4n) is 2.06. The number of carboxylic acid groups (broad SMARTS) is 1. The number of nitrogens with zero attached hydrogens (tertiary/aromatic N) is 1. The van der Waals surface area contributed by atoms with Crippen LogP contribution in [0.1, 0.15) is 36.0 Å². The Kier molecular flexibility index (Phi) is 4.29. The molecule has 1 N–H and O–H groups in total. The molecular formula is C12H14ClNO2S. The first-order valence-electron chi connectivity index (χ1n) is 5.69. The standard InChI is InChI=1S/C12H14ClNO2S/c13-10-6-5-9(12(15)16)11(14-10)17-7-8-3-1-2-4-8/h5-6,8H,1-4,7H2,(H,15,16). The number of carbonyl (C=O) groups is 1. The molecule has 1 aliphatic rings. The molecule has 3 nitrogen and oxygen atoms in total. The first kappa shape index (κ1) is 12.7. The molecule has 17 heavy (non-hydrogen) atoms. The second-order valence-electron chi connectivity index (χ2n) is 4.25. The number of thioether (sulfide) groups is 1. The van der Waals surface area contributed by atoms with Crippen LogP contribution in [0.15, 0.2) is 17.2 Å². The number of hydrogen-bond donors (Lipinski definition) is 1. The van der Waals surface area contributed by atoms with Gasteiger partial charge in [0.25, 0.3) is 0 Å². The molecule has 1 fully saturated rings. The summed E-state index contributed by atoms with van der Waals surface area (Å²) >= 11 is 7.31. The number of hydrogen-bond acceptors (Lipinski definition) is 3. The lowest BCUT2D eigenvalue weighted by molar-refractivity contribution is 0.0692. The maximum atomic E-state index is 11.0. The molecule has 1 aromatic heterocycles. The van der Waals surface area contributed by atoms with Crippen LogP contribution in [0.4, 0.5) is 0 Å². The summed E-state index contributed by atoms with van der Waals surface area (Å²) < 4.78 is 0. The summed E-state index contributed by atoms with van der Waals surface area (Å²) in [7, 11) is 0. The number of halogens is 1. The van der Waals surface area contributed by atoms with E-state index in [0.29, 0.717) is 16.1 Å². The van der Waals surface area contributed by atoms with Crippen LogP contribution in [0.5, 0.6) is 0 Å². The van der Waals surface area contributed by atoms with Gasteiger partial charge >= 0.3 is 5.97 Å². The summed E-state index contributed by atoms with van der Waals surface area (Å²) in [5.74, 6) is 0.693. The molecule has 2 rings (SSSR count). The lowest BCUT2D eigenvalue weighted by atomic mass is 10.1. The minimum Gasteiger partial charge on any atom is -0.478 e. The quantitative estimate of drug-likeness (QED) is 0.670. The molecule has 0 spiro atoms. The predicted molar refractivity (Wildman–Crippen MR) is 68.9 cm³/mol. The number of carboxylic acids is 1. The van der Waals surface area contributed by atoms with Crippen molar-refractivity contribution in [3.05, 3.63) is 22.8 Å². The number of aromatic carboxylic acids is 1. The largest absolute Gasteiger partial charge is 0.478 e. The van der Waals surface area contributed by atoms with E-state index in [2.05, 4.69) is 4.98 Å². The van der Waals surface area contributed by atoms with Crippen LogP contribution >= 0.6 is 23.4 Å². The topological polar surface area (TPSA) is 50.2 Å². The van der Waals surface area contributed by atoms with E-state index in [1.807, 2.05) is 0 Å². The Morgan fingerprint density at radius 1 is 1.47 bits per heavy atom. The molecule has 1 heterocycles. The second kappa shape index (κ2) is 5.74. The minimum absolute atomic E-state index is 0.248. The average molecular weight is 272 g/mol. The summed E-state index contributed by atoms with van der Waals surface area (Å²) in [5, 5.41) is 9.94. The molecule has 0 unspecified atom stereocenters. The van der Waals surface area contributed by atoms with Gasteiger partial charge in [0.05, 0.1) is 5.56 Å². The van der Waals surface area contributed by atoms with Gasteiger partial charge in [0, 0.05) is 5.75 Å². The third kappa shape index (κ3) is 3.36. The molecule has 1 aliphatic carbocycles. The van der Waals surface area contributed by atoms with Gasteiger partial charge in [-0.25, -0.2) is 9.78 Å². The third-order valence-electron chi connectivity index (χ3n) is 2.99. The van der Waals surface area contributed by atoms with Crippen molar-refractivity contribution in [2.45, 2.75) is 30.7 Å². The van der Waals surface area contributed by atoms with E-state index < -0.39 is 5.97 Å². The first-order valence-corrected chi connectivity index (χ1v) is 7.06. The van der Waals surface area contributed by atoms with Gasteiger partial charge in [-0.3, -0.25) is 0 Å². The Morgan fingerprint density at radius 3 is 2.82 bits per heavy atom. The predicted octanol–water partition coefficient (Wildman–Crippen LogP) is 3.72. The minimum atomic E-state index is -0.942. The van der Waals surface area contributed by atoms with Crippen molar-refractivity contribution in [2.75, 3.05) is 5.75 Å². The average Bonchev–Trinajstić information content (AvgIpc) is 2.78. The van der Waals surface area contributed by atoms with Gasteiger partial charge in [-0.2, -0.15) is 0 Å². The van der Waals surface area contributed by atoms with Crippen LogP contribution in [0, 0.1) is 5.92 Å². The lowest BCUT2D eigenvalue weighted by Gasteiger charge is -2.09. The highest BCUT2D eigenvalue weighted by Crippen LogP contribution is 2.32. The Labute approximate surface area is 110 Å². The van der Waals surface area contributed by atoms with Gasteiger partial charge in [-0.1, -0.05) is 24.4 Å². The zero-order valence-electron chi connectivity index (χ0n) is 9.36. The van der Waals surface area contributed by atoms with Crippen LogP contribution < -0.4 is 0 Å². The summed E-state index contributed by atoms with van der Waals surface area (Å²) in [4.78, 5) is 15.1. The van der Waals surface area contributed by atoms with E-state index in [1.165, 1.54) is 49.6 Å². The van der Waals surface area contributed by atoms with Crippen LogP contribution in [0.25, 0.3) is 0 Å². The summed E-state index contributed by atoms with van der Waals surface area (Å²) in [6.45, 7) is 0. The van der Waals surface area contributed by atoms with Crippen molar-refractivity contribution in [3.63, 3.8) is 0 Å². The van der Waals surface area contributed by atoms with Crippen LogP contribution in [-0.2, 0) is 0 Å². The molecule has 0 atom stereocenters. The summed E-state index contributed by atoms with van der Waals surface area (Å²) in [6, 6.07) is 3.04. The monoisotopic (exact) mass is 271 g/mol. The molecule has 1 saturated carbocycles. The normalized spacial score (nSPS) is 16.3. The van der Waals surface area contributed by atoms with Gasteiger partial charge in [-0.05, 0) is 30.9 Å². The molecule has 92 valence electrons. The van der Waals surface area contributed by atoms with Gasteiger partial charge < -0.3 is 5.11 Å². The molecule has 0 saturated heterocycles. The van der Waals surface area contributed by atoms with Crippen molar-refractivity contribution in [3.8, 4) is 0 Å². The Balaban J connectivity index is 2.07. The molecule has 0 amide bonds. The van der Waals surface area contributed by atoms with Gasteiger partial charge in [0.2, 0.25) is 0 Å². The van der Waals surface area contributed by atoms with Crippen molar-refractivity contribution in [1.82, 2.24) is 4.98 Å². The van der Waals surface area contributed by atoms with Crippen molar-refractivity contribution < 1.29 is 9.90 Å². The van der Waals surface area contributed by atoms with Gasteiger partial charge in [0.1, 0.15) is 10.2 Å². The molecular weight excluding hydrogens is 258 g/mol. The van der Waals surface area contributed by atoms with Crippen LogP contribution in [0.3, 0.4) is 0 Å². The smallest absolute Gasteiger partial charge is 0.338 e. The number of aromatic nitrogens is 1. The van der Waals surface area contributed by atoms with Gasteiger partial charge in [-0.15, -0.1) is 11.8 Å². The van der Waals surface area contributed by atoms with Crippen molar-refractivity contribution in [1.29, 1.82) is 0 Å². The van der Waals surface area contributed by atoms with E-state index in [4.69, 9.17) is 16.7 Å². The highest BCUT2D eigenvalue weighted by atomic mass is 35.5. The zero-order chi connectivity index (χ0) is 12.3. The third-order valence-corrected chi connectivity index (χ3v) is 4.42. The molecule has 0 aromatic carbocycles. The zero-order valence-corrected chi connectivity index (χ0v) is 10.9. The van der Waals surface area contributed by atoms with E-state index in [0.717, 1.165) is 5.75 Å². The van der Waals surface area contributed by atoms with Crippen molar-refractivity contribution >= 4 is 29.3 Å². The second-order valence-corrected chi connectivity index (χ2v) is 5.65. The Morgan fingerprint density at radius 2 is 2.18 bits per heavy atom. The van der Waals surface area contributed by atoms with Gasteiger partial charge in [0.15, 0.2) is 0 Å². The van der Waals surface area contributed by atoms with E-state index in [1.54, 1.807) is 0 Å². The molecule has 0 aliphatic heterocycles. The van der Waals surface area contributed by atoms with E-state index in [-0.39, 0.29) is 5.56 Å². The van der Waals surface area contributed by atoms with Crippen molar-refractivity contribution in [2.24, 2.45) is 5.92 Å². The Bertz CT molecular complexity index is 419. The molecule has 1 aromatic rings. The maximum absolute atomic E-state index is 11.0. The highest BCUT2D eigenvalue weighted by molar-refractivity contribution is 7.99. The Hall–Kier alpha value is -0.740. The molecule has 5 heteroatoms. The fraction of sp³-hybridized carbons (Fsp3) is 0.500. The maximum Gasteiger partial charge on any atom is 0.338 e.